The lowest BCUT2D eigenvalue weighted by molar-refractivity contribution is 0.0948. The van der Waals surface area contributed by atoms with Crippen LogP contribution in [-0.4, -0.2) is 81.4 Å². The summed E-state index contributed by atoms with van der Waals surface area (Å²) in [5.41, 5.74) is 0.314. The SMILES string of the molecule is COc1ncnc(OC)c1-n1c(CS(=O)(=O)[C@@H](C)[C@H](OC)c2ncc(Cl)cn2)nnc1C1CCC(CO)CC1. The molecule has 2 atom stereocenters. The minimum atomic E-state index is -3.90. The molecule has 39 heavy (non-hydrogen) atoms. The van der Waals surface area contributed by atoms with Crippen LogP contribution in [0.3, 0.4) is 0 Å². The first kappa shape index (κ1) is 29.1. The fraction of sp³-hybridized carbons (Fsp3) is 0.583. The summed E-state index contributed by atoms with van der Waals surface area (Å²) in [6.07, 6.45) is 6.26. The molecule has 1 aliphatic rings. The molecule has 3 aromatic rings. The number of sulfone groups is 1. The normalized spacial score (nSPS) is 19.4. The minimum Gasteiger partial charge on any atom is -0.479 e. The highest BCUT2D eigenvalue weighted by atomic mass is 35.5. The number of halogens is 1. The molecule has 1 saturated carbocycles. The first-order chi connectivity index (χ1) is 18.7. The highest BCUT2D eigenvalue weighted by Gasteiger charge is 2.36. The van der Waals surface area contributed by atoms with Gasteiger partial charge in [-0.15, -0.1) is 10.2 Å². The van der Waals surface area contributed by atoms with Crippen molar-refractivity contribution in [3.63, 3.8) is 0 Å². The summed E-state index contributed by atoms with van der Waals surface area (Å²) in [5, 5.41) is 17.6. The lowest BCUT2D eigenvalue weighted by atomic mass is 9.82. The molecule has 0 unspecified atom stereocenters. The number of ether oxygens (including phenoxy) is 3. The van der Waals surface area contributed by atoms with Gasteiger partial charge in [-0.2, -0.15) is 9.97 Å². The number of hydrogen-bond acceptors (Lipinski definition) is 12. The van der Waals surface area contributed by atoms with Gasteiger partial charge in [0.05, 0.1) is 24.5 Å². The van der Waals surface area contributed by atoms with Gasteiger partial charge in [0.1, 0.15) is 24.0 Å². The first-order valence-electron chi connectivity index (χ1n) is 12.4. The number of nitrogens with zero attached hydrogens (tertiary/aromatic N) is 7. The van der Waals surface area contributed by atoms with Crippen LogP contribution < -0.4 is 9.47 Å². The van der Waals surface area contributed by atoms with E-state index in [1.165, 1.54) is 47.0 Å². The van der Waals surface area contributed by atoms with Gasteiger partial charge in [0.2, 0.25) is 11.8 Å². The molecule has 1 fully saturated rings. The zero-order valence-electron chi connectivity index (χ0n) is 22.2. The van der Waals surface area contributed by atoms with Crippen LogP contribution in [0.4, 0.5) is 0 Å². The number of methoxy groups -OCH3 is 3. The summed E-state index contributed by atoms with van der Waals surface area (Å²) < 4.78 is 45.6. The molecule has 212 valence electrons. The van der Waals surface area contributed by atoms with Crippen LogP contribution in [0.15, 0.2) is 18.7 Å². The summed E-state index contributed by atoms with van der Waals surface area (Å²) in [6, 6.07) is 0. The third-order valence-corrected chi connectivity index (χ3v) is 9.30. The topological polar surface area (TPSA) is 164 Å². The fourth-order valence-electron chi connectivity index (χ4n) is 4.85. The maximum absolute atomic E-state index is 13.7. The molecule has 0 aromatic carbocycles. The highest BCUT2D eigenvalue weighted by molar-refractivity contribution is 7.91. The van der Waals surface area contributed by atoms with Crippen molar-refractivity contribution in [2.75, 3.05) is 27.9 Å². The van der Waals surface area contributed by atoms with Crippen molar-refractivity contribution in [3.8, 4) is 17.4 Å². The number of aliphatic hydroxyl groups is 1. The Kier molecular flexibility index (Phi) is 9.31. The van der Waals surface area contributed by atoms with Crippen LogP contribution in [0.2, 0.25) is 5.02 Å². The van der Waals surface area contributed by atoms with Gasteiger partial charge in [-0.25, -0.2) is 18.4 Å². The molecule has 0 spiro atoms. The lowest BCUT2D eigenvalue weighted by Gasteiger charge is -2.27. The van der Waals surface area contributed by atoms with Crippen molar-refractivity contribution in [2.24, 2.45) is 5.92 Å². The van der Waals surface area contributed by atoms with Gasteiger partial charge in [-0.05, 0) is 38.5 Å². The zero-order chi connectivity index (χ0) is 28.2. The van der Waals surface area contributed by atoms with E-state index in [4.69, 9.17) is 25.8 Å². The van der Waals surface area contributed by atoms with Crippen molar-refractivity contribution in [1.29, 1.82) is 0 Å². The van der Waals surface area contributed by atoms with E-state index < -0.39 is 26.9 Å². The summed E-state index contributed by atoms with van der Waals surface area (Å²) >= 11 is 5.90. The maximum atomic E-state index is 13.7. The fourth-order valence-corrected chi connectivity index (χ4v) is 6.37. The quantitative estimate of drug-likeness (QED) is 0.352. The zero-order valence-corrected chi connectivity index (χ0v) is 23.8. The molecule has 0 radical (unpaired) electrons. The van der Waals surface area contributed by atoms with E-state index in [9.17, 15) is 13.5 Å². The Balaban J connectivity index is 1.77. The predicted molar refractivity (Wildman–Crippen MR) is 141 cm³/mol. The van der Waals surface area contributed by atoms with Crippen LogP contribution in [-0.2, 0) is 20.3 Å². The van der Waals surface area contributed by atoms with Crippen molar-refractivity contribution >= 4 is 21.4 Å². The van der Waals surface area contributed by atoms with Crippen LogP contribution in [0.1, 0.15) is 62.1 Å². The molecule has 4 rings (SSSR count). The molecule has 1 N–H and O–H groups in total. The Hall–Kier alpha value is -2.94. The molecule has 0 bridgehead atoms. The second-order valence-corrected chi connectivity index (χ2v) is 12.2. The van der Waals surface area contributed by atoms with E-state index in [1.54, 1.807) is 4.57 Å². The molecule has 0 aliphatic heterocycles. The Morgan fingerprint density at radius 3 is 2.18 bits per heavy atom. The molecule has 3 aromatic heterocycles. The maximum Gasteiger partial charge on any atom is 0.245 e. The van der Waals surface area contributed by atoms with Gasteiger partial charge in [0.25, 0.3) is 0 Å². The minimum absolute atomic E-state index is 0.0296. The molecule has 1 aliphatic carbocycles. The Labute approximate surface area is 231 Å². The summed E-state index contributed by atoms with van der Waals surface area (Å²) in [6.45, 7) is 1.67. The lowest BCUT2D eigenvalue weighted by Crippen LogP contribution is -2.30. The van der Waals surface area contributed by atoms with Crippen molar-refractivity contribution < 1.29 is 27.7 Å². The van der Waals surface area contributed by atoms with Gasteiger partial charge in [-0.1, -0.05) is 11.6 Å². The summed E-state index contributed by atoms with van der Waals surface area (Å²) in [7, 11) is 0.406. The summed E-state index contributed by atoms with van der Waals surface area (Å²) in [4.78, 5) is 16.7. The van der Waals surface area contributed by atoms with Gasteiger partial charge in [0.15, 0.2) is 27.2 Å². The predicted octanol–water partition coefficient (Wildman–Crippen LogP) is 2.47. The Morgan fingerprint density at radius 1 is 1.03 bits per heavy atom. The Bertz CT molecular complexity index is 1340. The van der Waals surface area contributed by atoms with Crippen LogP contribution in [0.5, 0.6) is 11.8 Å². The molecule has 13 nitrogen and oxygen atoms in total. The van der Waals surface area contributed by atoms with Gasteiger partial charge < -0.3 is 19.3 Å². The van der Waals surface area contributed by atoms with Gasteiger partial charge >= 0.3 is 0 Å². The van der Waals surface area contributed by atoms with Crippen LogP contribution in [0.25, 0.3) is 5.69 Å². The first-order valence-corrected chi connectivity index (χ1v) is 14.5. The van der Waals surface area contributed by atoms with Crippen molar-refractivity contribution in [2.45, 2.75) is 55.6 Å². The molecule has 0 saturated heterocycles. The van der Waals surface area contributed by atoms with Crippen molar-refractivity contribution in [1.82, 2.24) is 34.7 Å². The molecular weight excluding hydrogens is 550 g/mol. The van der Waals surface area contributed by atoms with Crippen molar-refractivity contribution in [3.05, 3.63) is 41.2 Å². The smallest absolute Gasteiger partial charge is 0.245 e. The average Bonchev–Trinajstić information content (AvgIpc) is 3.35. The second kappa shape index (κ2) is 12.5. The number of aliphatic hydroxyl groups excluding tert-OH is 1. The van der Waals surface area contributed by atoms with E-state index in [2.05, 4.69) is 30.1 Å². The largest absolute Gasteiger partial charge is 0.479 e. The van der Waals surface area contributed by atoms with E-state index in [0.717, 1.165) is 25.7 Å². The molecule has 0 amide bonds. The number of aromatic nitrogens is 7. The van der Waals surface area contributed by atoms with E-state index in [1.807, 2.05) is 0 Å². The second-order valence-electron chi connectivity index (χ2n) is 9.38. The summed E-state index contributed by atoms with van der Waals surface area (Å²) in [5.74, 6) is 0.995. The molecule has 15 heteroatoms. The average molecular weight is 582 g/mol. The third-order valence-electron chi connectivity index (χ3n) is 7.06. The van der Waals surface area contributed by atoms with E-state index in [-0.39, 0.29) is 41.9 Å². The van der Waals surface area contributed by atoms with E-state index in [0.29, 0.717) is 16.5 Å². The monoisotopic (exact) mass is 581 g/mol. The van der Waals surface area contributed by atoms with Crippen LogP contribution >= 0.6 is 11.6 Å². The van der Waals surface area contributed by atoms with E-state index >= 15 is 0 Å². The number of hydrogen-bond donors (Lipinski definition) is 1. The highest BCUT2D eigenvalue weighted by Crippen LogP contribution is 2.39. The van der Waals surface area contributed by atoms with Gasteiger partial charge in [0, 0.05) is 32.0 Å². The molecule has 3 heterocycles. The third kappa shape index (κ3) is 6.13. The standard InChI is InChI=1S/C24H32ClN7O6S/c1-14(20(36-2)21-26-9-17(25)10-27-21)39(34,35)12-18-30-31-22(16-7-5-15(11-33)6-8-16)32(18)19-23(37-3)28-13-29-24(19)38-4/h9-10,13-16,20,33H,5-8,11-12H2,1-4H3/t14-,15?,16?,20-/m0/s1. The number of rotatable bonds is 11. The Morgan fingerprint density at radius 2 is 1.64 bits per heavy atom. The molecular formula is C24H32ClN7O6S. The van der Waals surface area contributed by atoms with Crippen LogP contribution in [0, 0.1) is 5.92 Å². The van der Waals surface area contributed by atoms with Gasteiger partial charge in [-0.3, -0.25) is 4.57 Å².